The minimum atomic E-state index is 0.128. The summed E-state index contributed by atoms with van der Waals surface area (Å²) < 4.78 is 0. The first-order chi connectivity index (χ1) is 5.77. The summed E-state index contributed by atoms with van der Waals surface area (Å²) in [5.41, 5.74) is 0.847. The van der Waals surface area contributed by atoms with Crippen LogP contribution in [0.4, 0.5) is 0 Å². The van der Waals surface area contributed by atoms with E-state index in [0.29, 0.717) is 12.8 Å². The third-order valence-corrected chi connectivity index (χ3v) is 1.92. The van der Waals surface area contributed by atoms with Gasteiger partial charge in [-0.15, -0.1) is 0 Å². The van der Waals surface area contributed by atoms with Gasteiger partial charge in [-0.05, 0) is 18.4 Å². The summed E-state index contributed by atoms with van der Waals surface area (Å²) in [7, 11) is 0. The van der Waals surface area contributed by atoms with Crippen molar-refractivity contribution in [1.29, 1.82) is 10.5 Å². The molecular formula is C9H8N2O. The maximum atomic E-state index is 11.0. The van der Waals surface area contributed by atoms with Crippen LogP contribution < -0.4 is 0 Å². The van der Waals surface area contributed by atoms with Gasteiger partial charge in [0.15, 0.2) is 0 Å². The van der Waals surface area contributed by atoms with Crippen LogP contribution in [-0.4, -0.2) is 5.78 Å². The van der Waals surface area contributed by atoms with Gasteiger partial charge >= 0.3 is 0 Å². The number of Topliss-reactive ketones (excluding diaryl/α,β-unsaturated/α-hetero) is 1. The molecule has 1 fully saturated rings. The second-order valence-corrected chi connectivity index (χ2v) is 2.77. The number of rotatable bonds is 0. The molecule has 0 N–H and O–H groups in total. The van der Waals surface area contributed by atoms with Gasteiger partial charge in [-0.3, -0.25) is 4.79 Å². The fraction of sp³-hybridized carbons (Fsp3) is 0.444. The first-order valence-corrected chi connectivity index (χ1v) is 3.82. The van der Waals surface area contributed by atoms with E-state index in [0.717, 1.165) is 18.4 Å². The number of nitrogens with zero attached hydrogens (tertiary/aromatic N) is 2. The van der Waals surface area contributed by atoms with Gasteiger partial charge in [0.1, 0.15) is 23.5 Å². The van der Waals surface area contributed by atoms with Crippen molar-refractivity contribution in [1.82, 2.24) is 0 Å². The Morgan fingerprint density at radius 3 is 2.42 bits per heavy atom. The standard InChI is InChI=1S/C9H8N2O/c10-5-8(6-11)7-2-1-3-9(12)4-7/h1-4H2. The predicted octanol–water partition coefficient (Wildman–Crippen LogP) is 1.47. The Kier molecular flexibility index (Phi) is 2.61. The molecule has 0 atom stereocenters. The Morgan fingerprint density at radius 1 is 1.25 bits per heavy atom. The van der Waals surface area contributed by atoms with Crippen molar-refractivity contribution < 1.29 is 4.79 Å². The Balaban J connectivity index is 2.88. The third kappa shape index (κ3) is 1.71. The Hall–Kier alpha value is -1.61. The summed E-state index contributed by atoms with van der Waals surface area (Å²) in [5, 5.41) is 17.0. The highest BCUT2D eigenvalue weighted by Gasteiger charge is 2.16. The van der Waals surface area contributed by atoms with Crippen molar-refractivity contribution in [3.8, 4) is 12.1 Å². The van der Waals surface area contributed by atoms with E-state index in [-0.39, 0.29) is 11.4 Å². The molecule has 3 nitrogen and oxygen atoms in total. The number of hydrogen-bond donors (Lipinski definition) is 0. The van der Waals surface area contributed by atoms with Crippen LogP contribution in [0.2, 0.25) is 0 Å². The number of nitriles is 2. The summed E-state index contributed by atoms with van der Waals surface area (Å²) in [6, 6.07) is 3.62. The van der Waals surface area contributed by atoms with E-state index < -0.39 is 0 Å². The van der Waals surface area contributed by atoms with Crippen LogP contribution in [0.25, 0.3) is 0 Å². The SMILES string of the molecule is N#CC(C#N)=C1CCCC(=O)C1. The smallest absolute Gasteiger partial charge is 0.137 e. The molecule has 1 aliphatic carbocycles. The van der Waals surface area contributed by atoms with Crippen molar-refractivity contribution in [3.63, 3.8) is 0 Å². The zero-order valence-corrected chi connectivity index (χ0v) is 6.63. The third-order valence-electron chi connectivity index (χ3n) is 1.92. The van der Waals surface area contributed by atoms with E-state index in [1.165, 1.54) is 0 Å². The topological polar surface area (TPSA) is 64.7 Å². The van der Waals surface area contributed by atoms with E-state index in [9.17, 15) is 4.79 Å². The van der Waals surface area contributed by atoms with Crippen molar-refractivity contribution in [2.24, 2.45) is 0 Å². The molecule has 0 aromatic carbocycles. The minimum absolute atomic E-state index is 0.128. The lowest BCUT2D eigenvalue weighted by Crippen LogP contribution is -2.07. The van der Waals surface area contributed by atoms with Crippen molar-refractivity contribution >= 4 is 5.78 Å². The number of carbonyl (C=O) groups excluding carboxylic acids is 1. The van der Waals surface area contributed by atoms with Crippen LogP contribution >= 0.6 is 0 Å². The number of allylic oxidation sites excluding steroid dienone is 2. The number of carbonyl (C=O) groups is 1. The molecule has 0 bridgehead atoms. The lowest BCUT2D eigenvalue weighted by Gasteiger charge is -2.11. The Labute approximate surface area is 70.9 Å². The predicted molar refractivity (Wildman–Crippen MR) is 41.7 cm³/mol. The van der Waals surface area contributed by atoms with Crippen LogP contribution in [0, 0.1) is 22.7 Å². The monoisotopic (exact) mass is 160 g/mol. The molecule has 1 aliphatic rings. The maximum absolute atomic E-state index is 11.0. The van der Waals surface area contributed by atoms with Crippen LogP contribution in [0.5, 0.6) is 0 Å². The number of hydrogen-bond acceptors (Lipinski definition) is 3. The van der Waals surface area contributed by atoms with Crippen molar-refractivity contribution in [2.75, 3.05) is 0 Å². The van der Waals surface area contributed by atoms with Crippen molar-refractivity contribution in [2.45, 2.75) is 25.7 Å². The molecule has 0 radical (unpaired) electrons. The van der Waals surface area contributed by atoms with Gasteiger partial charge in [0.25, 0.3) is 0 Å². The zero-order chi connectivity index (χ0) is 8.97. The molecule has 0 heterocycles. The maximum Gasteiger partial charge on any atom is 0.137 e. The molecule has 12 heavy (non-hydrogen) atoms. The molecule has 0 spiro atoms. The minimum Gasteiger partial charge on any atom is -0.299 e. The van der Waals surface area contributed by atoms with Crippen molar-refractivity contribution in [3.05, 3.63) is 11.1 Å². The summed E-state index contributed by atoms with van der Waals surface area (Å²) in [4.78, 5) is 11.0. The van der Waals surface area contributed by atoms with E-state index in [2.05, 4.69) is 0 Å². The number of ketones is 1. The Bertz CT molecular complexity index is 298. The van der Waals surface area contributed by atoms with Gasteiger partial charge in [0.05, 0.1) is 0 Å². The first kappa shape index (κ1) is 8.49. The van der Waals surface area contributed by atoms with E-state index in [4.69, 9.17) is 10.5 Å². The highest BCUT2D eigenvalue weighted by atomic mass is 16.1. The molecule has 0 aromatic rings. The highest BCUT2D eigenvalue weighted by molar-refractivity contribution is 5.82. The molecule has 1 saturated carbocycles. The molecular weight excluding hydrogens is 152 g/mol. The fourth-order valence-electron chi connectivity index (χ4n) is 1.31. The van der Waals surface area contributed by atoms with Gasteiger partial charge in [-0.1, -0.05) is 0 Å². The van der Waals surface area contributed by atoms with Crippen LogP contribution in [-0.2, 0) is 4.79 Å². The van der Waals surface area contributed by atoms with Gasteiger partial charge in [0, 0.05) is 12.8 Å². The summed E-state index contributed by atoms with van der Waals surface area (Å²) in [6.07, 6.45) is 2.40. The fourth-order valence-corrected chi connectivity index (χ4v) is 1.31. The van der Waals surface area contributed by atoms with Crippen LogP contribution in [0.15, 0.2) is 11.1 Å². The first-order valence-electron chi connectivity index (χ1n) is 3.82. The van der Waals surface area contributed by atoms with Gasteiger partial charge in [0.2, 0.25) is 0 Å². The second-order valence-electron chi connectivity index (χ2n) is 2.77. The van der Waals surface area contributed by atoms with Crippen LogP contribution in [0.1, 0.15) is 25.7 Å². The molecule has 1 rings (SSSR count). The van der Waals surface area contributed by atoms with E-state index in [1.807, 2.05) is 12.1 Å². The van der Waals surface area contributed by atoms with E-state index >= 15 is 0 Å². The Morgan fingerprint density at radius 2 is 1.92 bits per heavy atom. The average Bonchev–Trinajstić information content (AvgIpc) is 2.07. The van der Waals surface area contributed by atoms with Gasteiger partial charge in [-0.2, -0.15) is 10.5 Å². The lowest BCUT2D eigenvalue weighted by atomic mass is 9.91. The van der Waals surface area contributed by atoms with E-state index in [1.54, 1.807) is 0 Å². The normalized spacial score (nSPS) is 16.5. The molecule has 3 heteroatoms. The summed E-state index contributed by atoms with van der Waals surface area (Å²) in [6.45, 7) is 0. The molecule has 0 saturated heterocycles. The molecule has 0 aromatic heterocycles. The van der Waals surface area contributed by atoms with Crippen LogP contribution in [0.3, 0.4) is 0 Å². The lowest BCUT2D eigenvalue weighted by molar-refractivity contribution is -0.119. The van der Waals surface area contributed by atoms with Gasteiger partial charge < -0.3 is 0 Å². The highest BCUT2D eigenvalue weighted by Crippen LogP contribution is 2.22. The summed E-state index contributed by atoms with van der Waals surface area (Å²) in [5.74, 6) is 0.138. The quantitative estimate of drug-likeness (QED) is 0.504. The largest absolute Gasteiger partial charge is 0.299 e. The van der Waals surface area contributed by atoms with Gasteiger partial charge in [-0.25, -0.2) is 0 Å². The molecule has 0 amide bonds. The zero-order valence-electron chi connectivity index (χ0n) is 6.63. The average molecular weight is 160 g/mol. The molecule has 0 unspecified atom stereocenters. The molecule has 0 aliphatic heterocycles. The molecule has 60 valence electrons. The summed E-state index contributed by atoms with van der Waals surface area (Å²) >= 11 is 0. The second kappa shape index (κ2) is 3.69.